The van der Waals surface area contributed by atoms with Gasteiger partial charge in [0.15, 0.2) is 0 Å². The van der Waals surface area contributed by atoms with Gasteiger partial charge in [0.25, 0.3) is 0 Å². The monoisotopic (exact) mass is 325 g/mol. The standard InChI is InChI=1S/C19H19NO4/c1-2-24-19(23)13-3-7-14(8-4-13)20-18(22)17-11-16(17)12-5-9-15(21)10-6-12/h3-10,16-17,21H,2,11H2,1H3,(H,20,22). The third-order valence-electron chi connectivity index (χ3n) is 4.11. The number of phenols is 1. The fourth-order valence-electron chi connectivity index (χ4n) is 2.71. The van der Waals surface area contributed by atoms with Crippen molar-refractivity contribution >= 4 is 17.6 Å². The van der Waals surface area contributed by atoms with Gasteiger partial charge in [0.1, 0.15) is 5.75 Å². The van der Waals surface area contributed by atoms with Crippen LogP contribution >= 0.6 is 0 Å². The molecule has 0 aromatic heterocycles. The van der Waals surface area contributed by atoms with Gasteiger partial charge < -0.3 is 15.2 Å². The van der Waals surface area contributed by atoms with Crippen LogP contribution in [0.4, 0.5) is 5.69 Å². The van der Waals surface area contributed by atoms with Gasteiger partial charge in [-0.15, -0.1) is 0 Å². The highest BCUT2D eigenvalue weighted by atomic mass is 16.5. The number of aromatic hydroxyl groups is 1. The number of phenolic OH excluding ortho intramolecular Hbond substituents is 1. The van der Waals surface area contributed by atoms with Crippen LogP contribution in [0.15, 0.2) is 48.5 Å². The molecule has 5 nitrogen and oxygen atoms in total. The summed E-state index contributed by atoms with van der Waals surface area (Å²) >= 11 is 0. The summed E-state index contributed by atoms with van der Waals surface area (Å²) in [6.07, 6.45) is 0.803. The highest BCUT2D eigenvalue weighted by molar-refractivity contribution is 5.96. The van der Waals surface area contributed by atoms with E-state index in [1.54, 1.807) is 43.3 Å². The summed E-state index contributed by atoms with van der Waals surface area (Å²) < 4.78 is 4.92. The van der Waals surface area contributed by atoms with Crippen LogP contribution in [0.5, 0.6) is 5.75 Å². The number of nitrogens with one attached hydrogen (secondary N) is 1. The van der Waals surface area contributed by atoms with E-state index < -0.39 is 0 Å². The average Bonchev–Trinajstić information content (AvgIpc) is 3.37. The molecule has 2 N–H and O–H groups in total. The summed E-state index contributed by atoms with van der Waals surface area (Å²) in [7, 11) is 0. The second kappa shape index (κ2) is 6.74. The predicted molar refractivity (Wildman–Crippen MR) is 90.0 cm³/mol. The van der Waals surface area contributed by atoms with Crippen molar-refractivity contribution in [3.05, 3.63) is 59.7 Å². The average molecular weight is 325 g/mol. The molecule has 2 aromatic carbocycles. The number of ether oxygens (including phenoxy) is 1. The van der Waals surface area contributed by atoms with E-state index in [0.717, 1.165) is 12.0 Å². The first-order chi connectivity index (χ1) is 11.6. The second-order valence-corrected chi connectivity index (χ2v) is 5.83. The maximum Gasteiger partial charge on any atom is 0.338 e. The lowest BCUT2D eigenvalue weighted by molar-refractivity contribution is -0.117. The van der Waals surface area contributed by atoms with E-state index in [1.165, 1.54) is 0 Å². The zero-order valence-electron chi connectivity index (χ0n) is 13.4. The first-order valence-corrected chi connectivity index (χ1v) is 7.95. The number of hydrogen-bond donors (Lipinski definition) is 2. The molecule has 3 rings (SSSR count). The molecule has 1 fully saturated rings. The van der Waals surface area contributed by atoms with E-state index in [2.05, 4.69) is 5.32 Å². The first kappa shape index (κ1) is 16.1. The van der Waals surface area contributed by atoms with Crippen molar-refractivity contribution in [2.75, 3.05) is 11.9 Å². The Hall–Kier alpha value is -2.82. The summed E-state index contributed by atoms with van der Waals surface area (Å²) in [6, 6.07) is 13.6. The van der Waals surface area contributed by atoms with Crippen molar-refractivity contribution in [2.45, 2.75) is 19.3 Å². The molecule has 1 aliphatic carbocycles. The lowest BCUT2D eigenvalue weighted by Gasteiger charge is -2.06. The van der Waals surface area contributed by atoms with E-state index in [1.807, 2.05) is 12.1 Å². The molecule has 0 saturated heterocycles. The molecule has 5 heteroatoms. The number of rotatable bonds is 5. The van der Waals surface area contributed by atoms with Crippen LogP contribution in [-0.2, 0) is 9.53 Å². The summed E-state index contributed by atoms with van der Waals surface area (Å²) in [6.45, 7) is 2.09. The molecular formula is C19H19NO4. The van der Waals surface area contributed by atoms with Gasteiger partial charge in [0.2, 0.25) is 5.91 Å². The summed E-state index contributed by atoms with van der Waals surface area (Å²) in [4.78, 5) is 23.9. The molecule has 0 bridgehead atoms. The predicted octanol–water partition coefficient (Wildman–Crippen LogP) is 3.31. The van der Waals surface area contributed by atoms with Gasteiger partial charge in [0.05, 0.1) is 12.2 Å². The fourth-order valence-corrected chi connectivity index (χ4v) is 2.71. The molecule has 0 spiro atoms. The van der Waals surface area contributed by atoms with Crippen LogP contribution in [0.1, 0.15) is 35.2 Å². The number of carbonyl (C=O) groups is 2. The van der Waals surface area contributed by atoms with Gasteiger partial charge in [-0.2, -0.15) is 0 Å². The molecule has 2 unspecified atom stereocenters. The molecule has 2 atom stereocenters. The van der Waals surface area contributed by atoms with Crippen LogP contribution in [-0.4, -0.2) is 23.6 Å². The van der Waals surface area contributed by atoms with E-state index in [-0.39, 0.29) is 29.5 Å². The molecule has 1 saturated carbocycles. The highest BCUT2D eigenvalue weighted by Crippen LogP contribution is 2.48. The molecule has 124 valence electrons. The number of carbonyl (C=O) groups excluding carboxylic acids is 2. The maximum atomic E-state index is 12.3. The fraction of sp³-hybridized carbons (Fsp3) is 0.263. The number of benzene rings is 2. The molecule has 1 amide bonds. The lowest BCUT2D eigenvalue weighted by Crippen LogP contribution is -2.14. The lowest BCUT2D eigenvalue weighted by atomic mass is 10.1. The zero-order valence-corrected chi connectivity index (χ0v) is 13.4. The van der Waals surface area contributed by atoms with Gasteiger partial charge >= 0.3 is 5.97 Å². The second-order valence-electron chi connectivity index (χ2n) is 5.83. The first-order valence-electron chi connectivity index (χ1n) is 7.95. The minimum absolute atomic E-state index is 0.0306. The van der Waals surface area contributed by atoms with Crippen molar-refractivity contribution in [1.29, 1.82) is 0 Å². The molecule has 24 heavy (non-hydrogen) atoms. The Bertz CT molecular complexity index is 737. The Kier molecular flexibility index (Phi) is 4.51. The maximum absolute atomic E-state index is 12.3. The number of amides is 1. The third-order valence-corrected chi connectivity index (χ3v) is 4.11. The minimum Gasteiger partial charge on any atom is -0.508 e. The largest absolute Gasteiger partial charge is 0.508 e. The van der Waals surface area contributed by atoms with Crippen LogP contribution in [0, 0.1) is 5.92 Å². The molecule has 0 radical (unpaired) electrons. The van der Waals surface area contributed by atoms with Crippen molar-refractivity contribution in [3.8, 4) is 5.75 Å². The van der Waals surface area contributed by atoms with Gasteiger partial charge in [0, 0.05) is 11.6 Å². The van der Waals surface area contributed by atoms with Crippen LogP contribution in [0.3, 0.4) is 0 Å². The summed E-state index contributed by atoms with van der Waals surface area (Å²) in [5, 5.41) is 12.2. The van der Waals surface area contributed by atoms with Gasteiger partial charge in [-0.25, -0.2) is 4.79 Å². The topological polar surface area (TPSA) is 75.6 Å². The SMILES string of the molecule is CCOC(=O)c1ccc(NC(=O)C2CC2c2ccc(O)cc2)cc1. The molecule has 0 heterocycles. The van der Waals surface area contributed by atoms with Crippen LogP contribution in [0.2, 0.25) is 0 Å². The number of hydrogen-bond acceptors (Lipinski definition) is 4. The smallest absolute Gasteiger partial charge is 0.338 e. The quantitative estimate of drug-likeness (QED) is 0.827. The minimum atomic E-state index is -0.370. The van der Waals surface area contributed by atoms with Gasteiger partial charge in [-0.3, -0.25) is 4.79 Å². The molecule has 0 aliphatic heterocycles. The Morgan fingerprint density at radius 1 is 1.12 bits per heavy atom. The Labute approximate surface area is 140 Å². The van der Waals surface area contributed by atoms with Gasteiger partial charge in [-0.1, -0.05) is 12.1 Å². The molecule has 2 aromatic rings. The Balaban J connectivity index is 1.58. The van der Waals surface area contributed by atoms with E-state index in [4.69, 9.17) is 4.74 Å². The zero-order chi connectivity index (χ0) is 17.1. The van der Waals surface area contributed by atoms with Crippen LogP contribution < -0.4 is 5.32 Å². The highest BCUT2D eigenvalue weighted by Gasteiger charge is 2.43. The summed E-state index contributed by atoms with van der Waals surface area (Å²) in [5.41, 5.74) is 2.18. The molecular weight excluding hydrogens is 306 g/mol. The number of anilines is 1. The Morgan fingerprint density at radius 3 is 2.42 bits per heavy atom. The van der Waals surface area contributed by atoms with Crippen molar-refractivity contribution < 1.29 is 19.4 Å². The molecule has 1 aliphatic rings. The van der Waals surface area contributed by atoms with E-state index in [9.17, 15) is 14.7 Å². The van der Waals surface area contributed by atoms with Crippen molar-refractivity contribution in [2.24, 2.45) is 5.92 Å². The van der Waals surface area contributed by atoms with E-state index in [0.29, 0.717) is 17.9 Å². The van der Waals surface area contributed by atoms with Gasteiger partial charge in [-0.05, 0) is 61.2 Å². The van der Waals surface area contributed by atoms with Crippen LogP contribution in [0.25, 0.3) is 0 Å². The summed E-state index contributed by atoms with van der Waals surface area (Å²) in [5.74, 6) is -0.0345. The number of esters is 1. The van der Waals surface area contributed by atoms with Crippen molar-refractivity contribution in [3.63, 3.8) is 0 Å². The third kappa shape index (κ3) is 3.56. The van der Waals surface area contributed by atoms with E-state index >= 15 is 0 Å². The van der Waals surface area contributed by atoms with Crippen molar-refractivity contribution in [1.82, 2.24) is 0 Å². The Morgan fingerprint density at radius 2 is 1.79 bits per heavy atom. The normalized spacial score (nSPS) is 18.7.